The molecule has 5 rings (SSSR count). The molecule has 4 heterocycles. The summed E-state index contributed by atoms with van der Waals surface area (Å²) in [7, 11) is 1.74. The predicted octanol–water partition coefficient (Wildman–Crippen LogP) is 2.04. The maximum atomic E-state index is 13.5. The summed E-state index contributed by atoms with van der Waals surface area (Å²) in [6.45, 7) is 4.86. The number of hydrogen-bond donors (Lipinski definition) is 0. The van der Waals surface area contributed by atoms with Crippen molar-refractivity contribution in [3.05, 3.63) is 65.8 Å². The van der Waals surface area contributed by atoms with Gasteiger partial charge in [-0.3, -0.25) is 19.6 Å². The molecule has 0 aliphatic carbocycles. The maximum Gasteiger partial charge on any atom is 0.234 e. The summed E-state index contributed by atoms with van der Waals surface area (Å²) in [5.74, 6) is -1.18. The number of benzene rings is 1. The van der Waals surface area contributed by atoms with E-state index in [4.69, 9.17) is 4.74 Å². The van der Waals surface area contributed by atoms with Crippen LogP contribution in [-0.2, 0) is 20.9 Å². The summed E-state index contributed by atoms with van der Waals surface area (Å²) >= 11 is 0. The lowest BCUT2D eigenvalue weighted by Gasteiger charge is -2.27. The van der Waals surface area contributed by atoms with Crippen LogP contribution in [0.1, 0.15) is 16.8 Å². The number of rotatable bonds is 4. The van der Waals surface area contributed by atoms with Crippen LogP contribution in [0.15, 0.2) is 48.9 Å². The first-order valence-corrected chi connectivity index (χ1v) is 10.2. The molecule has 30 heavy (non-hydrogen) atoms. The quantitative estimate of drug-likeness (QED) is 0.729. The Morgan fingerprint density at radius 2 is 2.13 bits per heavy atom. The van der Waals surface area contributed by atoms with Crippen LogP contribution in [0, 0.1) is 25.7 Å². The van der Waals surface area contributed by atoms with E-state index >= 15 is 0 Å². The first-order chi connectivity index (χ1) is 14.4. The molecule has 154 valence electrons. The van der Waals surface area contributed by atoms with Crippen molar-refractivity contribution < 1.29 is 14.3 Å². The van der Waals surface area contributed by atoms with Crippen molar-refractivity contribution in [1.82, 2.24) is 14.9 Å². The zero-order chi connectivity index (χ0) is 21.0. The van der Waals surface area contributed by atoms with E-state index in [-0.39, 0.29) is 17.9 Å². The second-order valence-corrected chi connectivity index (χ2v) is 8.48. The minimum absolute atomic E-state index is 0.0450. The first-order valence-electron chi connectivity index (χ1n) is 10.2. The van der Waals surface area contributed by atoms with Crippen LogP contribution in [0.4, 0.5) is 5.69 Å². The highest BCUT2D eigenvalue weighted by atomic mass is 16.5. The molecule has 7 heteroatoms. The van der Waals surface area contributed by atoms with Gasteiger partial charge in [0.25, 0.3) is 0 Å². The molecule has 1 spiro atoms. The van der Waals surface area contributed by atoms with E-state index in [2.05, 4.69) is 9.97 Å². The number of hydrogen-bond acceptors (Lipinski definition) is 5. The molecule has 7 nitrogen and oxygen atoms in total. The van der Waals surface area contributed by atoms with Crippen molar-refractivity contribution in [3.8, 4) is 0 Å². The zero-order valence-corrected chi connectivity index (χ0v) is 17.3. The molecule has 2 saturated heterocycles. The highest BCUT2D eigenvalue weighted by molar-refractivity contribution is 6.03. The molecule has 2 amide bonds. The predicted molar refractivity (Wildman–Crippen MR) is 110 cm³/mol. The minimum Gasteiger partial charge on any atom is -0.360 e. The Bertz CT molecular complexity index is 1050. The average Bonchev–Trinajstić information content (AvgIpc) is 3.38. The van der Waals surface area contributed by atoms with Gasteiger partial charge in [-0.1, -0.05) is 18.2 Å². The lowest BCUT2D eigenvalue weighted by atomic mass is 9.76. The highest BCUT2D eigenvalue weighted by Crippen LogP contribution is 2.53. The van der Waals surface area contributed by atoms with Gasteiger partial charge in [-0.2, -0.15) is 0 Å². The Hall–Kier alpha value is -3.06. The molecule has 1 aromatic carbocycles. The Kier molecular flexibility index (Phi) is 4.25. The first kappa shape index (κ1) is 18.9. The molecule has 2 unspecified atom stereocenters. The number of carbonyl (C=O) groups is 2. The number of fused-ring (bicyclic) bond motifs is 1. The van der Waals surface area contributed by atoms with E-state index in [1.165, 1.54) is 5.56 Å². The van der Waals surface area contributed by atoms with E-state index in [0.29, 0.717) is 18.8 Å². The van der Waals surface area contributed by atoms with Gasteiger partial charge in [0, 0.05) is 25.1 Å². The lowest BCUT2D eigenvalue weighted by molar-refractivity contribution is -0.139. The third-order valence-corrected chi connectivity index (χ3v) is 6.58. The van der Waals surface area contributed by atoms with Gasteiger partial charge in [-0.25, -0.2) is 0 Å². The molecule has 0 radical (unpaired) electrons. The molecule has 1 aromatic heterocycles. The highest BCUT2D eigenvalue weighted by Gasteiger charge is 2.67. The smallest absolute Gasteiger partial charge is 0.234 e. The zero-order valence-electron chi connectivity index (χ0n) is 17.3. The minimum atomic E-state index is -0.728. The van der Waals surface area contributed by atoms with Crippen molar-refractivity contribution in [1.29, 1.82) is 0 Å². The summed E-state index contributed by atoms with van der Waals surface area (Å²) in [4.78, 5) is 38.5. The number of anilines is 1. The van der Waals surface area contributed by atoms with Crippen molar-refractivity contribution >= 4 is 17.5 Å². The maximum absolute atomic E-state index is 13.5. The van der Waals surface area contributed by atoms with Crippen LogP contribution < -0.4 is 4.90 Å². The second-order valence-electron chi connectivity index (χ2n) is 8.48. The van der Waals surface area contributed by atoms with Crippen LogP contribution in [0.5, 0.6) is 0 Å². The molecule has 0 saturated carbocycles. The standard InChI is InChI=1S/C23H24N4O3/c1-14-4-5-17(10-15(14)2)27-13-23-7-6-18(30-23)19(20(23)22(27)29)21(28)26(3)12-16-11-24-8-9-25-16/h4-11,18-20H,12-13H2,1-3H3/t18-,19?,20?,23-/m1/s1. The van der Waals surface area contributed by atoms with E-state index < -0.39 is 17.4 Å². The Morgan fingerprint density at radius 1 is 1.30 bits per heavy atom. The average molecular weight is 404 g/mol. The van der Waals surface area contributed by atoms with Crippen molar-refractivity contribution in [3.63, 3.8) is 0 Å². The van der Waals surface area contributed by atoms with Gasteiger partial charge in [-0.05, 0) is 37.1 Å². The van der Waals surface area contributed by atoms with Gasteiger partial charge in [0.1, 0.15) is 5.60 Å². The fourth-order valence-corrected chi connectivity index (χ4v) is 4.88. The van der Waals surface area contributed by atoms with Crippen molar-refractivity contribution in [2.45, 2.75) is 32.1 Å². The number of nitrogens with zero attached hydrogens (tertiary/aromatic N) is 4. The summed E-state index contributed by atoms with van der Waals surface area (Å²) in [5, 5.41) is 0. The van der Waals surface area contributed by atoms with E-state index in [1.807, 2.05) is 44.2 Å². The molecular formula is C23H24N4O3. The van der Waals surface area contributed by atoms with E-state index in [9.17, 15) is 9.59 Å². The molecule has 2 bridgehead atoms. The molecule has 3 aliphatic rings. The van der Waals surface area contributed by atoms with Crippen molar-refractivity contribution in [2.75, 3.05) is 18.5 Å². The Balaban J connectivity index is 1.42. The van der Waals surface area contributed by atoms with Crippen LogP contribution in [0.25, 0.3) is 0 Å². The molecule has 0 N–H and O–H groups in total. The topological polar surface area (TPSA) is 75.6 Å². The normalized spacial score (nSPS) is 28.8. The Labute approximate surface area is 175 Å². The van der Waals surface area contributed by atoms with Gasteiger partial charge < -0.3 is 14.5 Å². The fourth-order valence-electron chi connectivity index (χ4n) is 4.88. The summed E-state index contributed by atoms with van der Waals surface area (Å²) < 4.78 is 6.24. The van der Waals surface area contributed by atoms with Gasteiger partial charge >= 0.3 is 0 Å². The molecule has 2 aromatic rings. The molecule has 2 fully saturated rings. The largest absolute Gasteiger partial charge is 0.360 e. The van der Waals surface area contributed by atoms with Crippen LogP contribution in [0.3, 0.4) is 0 Å². The number of carbonyl (C=O) groups excluding carboxylic acids is 2. The summed E-state index contributed by atoms with van der Waals surface area (Å²) in [6, 6.07) is 6.01. The van der Waals surface area contributed by atoms with Crippen LogP contribution >= 0.6 is 0 Å². The third kappa shape index (κ3) is 2.76. The Morgan fingerprint density at radius 3 is 2.87 bits per heavy atom. The SMILES string of the molecule is Cc1ccc(N2C[C@@]34C=C[C@@H](O3)C(C(=O)N(C)Cc3cnccn3)C4C2=O)cc1C. The van der Waals surface area contributed by atoms with Gasteiger partial charge in [-0.15, -0.1) is 0 Å². The number of ether oxygens (including phenoxy) is 1. The van der Waals surface area contributed by atoms with E-state index in [0.717, 1.165) is 11.3 Å². The lowest BCUT2D eigenvalue weighted by Crippen LogP contribution is -2.44. The van der Waals surface area contributed by atoms with Gasteiger partial charge in [0.15, 0.2) is 0 Å². The monoisotopic (exact) mass is 404 g/mol. The molecule has 4 atom stereocenters. The molecular weight excluding hydrogens is 380 g/mol. The fraction of sp³-hybridized carbons (Fsp3) is 0.391. The number of amides is 2. The summed E-state index contributed by atoms with van der Waals surface area (Å²) in [6.07, 6.45) is 8.40. The van der Waals surface area contributed by atoms with Gasteiger partial charge in [0.05, 0.1) is 42.9 Å². The summed E-state index contributed by atoms with van der Waals surface area (Å²) in [5.41, 5.74) is 3.14. The number of aromatic nitrogens is 2. The number of aryl methyl sites for hydroxylation is 2. The van der Waals surface area contributed by atoms with Crippen molar-refractivity contribution in [2.24, 2.45) is 11.8 Å². The van der Waals surface area contributed by atoms with Crippen LogP contribution in [-0.4, -0.2) is 52.0 Å². The van der Waals surface area contributed by atoms with Crippen LogP contribution in [0.2, 0.25) is 0 Å². The van der Waals surface area contributed by atoms with Gasteiger partial charge in [0.2, 0.25) is 11.8 Å². The second kappa shape index (κ2) is 6.74. The van der Waals surface area contributed by atoms with E-state index in [1.54, 1.807) is 35.4 Å². The molecule has 3 aliphatic heterocycles. The third-order valence-electron chi connectivity index (χ3n) is 6.58.